The Morgan fingerprint density at radius 2 is 1.94 bits per heavy atom. The zero-order chi connectivity index (χ0) is 22.9. The van der Waals surface area contributed by atoms with Gasteiger partial charge in [-0.2, -0.15) is 0 Å². The number of nitrogens with one attached hydrogen (secondary N) is 2. The van der Waals surface area contributed by atoms with Gasteiger partial charge in [-0.15, -0.1) is 24.0 Å². The lowest BCUT2D eigenvalue weighted by Gasteiger charge is -2.21. The van der Waals surface area contributed by atoms with E-state index in [2.05, 4.69) is 34.6 Å². The lowest BCUT2D eigenvalue weighted by atomic mass is 10.2. The van der Waals surface area contributed by atoms with Crippen LogP contribution in [0.3, 0.4) is 0 Å². The van der Waals surface area contributed by atoms with Crippen LogP contribution in [0.15, 0.2) is 47.5 Å². The third kappa shape index (κ3) is 8.62. The van der Waals surface area contributed by atoms with Crippen molar-refractivity contribution in [1.29, 1.82) is 0 Å². The Bertz CT molecular complexity index is 895. The number of hydrogen-bond donors (Lipinski definition) is 2. The molecule has 1 atom stereocenters. The van der Waals surface area contributed by atoms with Gasteiger partial charge in [0.1, 0.15) is 17.4 Å². The number of ether oxygens (including phenoxy) is 1. The third-order valence-electron chi connectivity index (χ3n) is 5.40. The van der Waals surface area contributed by atoms with E-state index in [1.54, 1.807) is 7.05 Å². The molecule has 0 radical (unpaired) electrons. The molecule has 2 aromatic carbocycles. The predicted octanol–water partition coefficient (Wildman–Crippen LogP) is 3.86. The van der Waals surface area contributed by atoms with Crippen LogP contribution in [0.25, 0.3) is 0 Å². The van der Waals surface area contributed by atoms with Crippen LogP contribution in [-0.2, 0) is 6.54 Å². The molecule has 0 aliphatic carbocycles. The Balaban J connectivity index is 0.00000385. The first-order valence-corrected chi connectivity index (χ1v) is 11.0. The van der Waals surface area contributed by atoms with Gasteiger partial charge < -0.3 is 25.2 Å². The van der Waals surface area contributed by atoms with Gasteiger partial charge in [0.25, 0.3) is 0 Å². The first-order valence-electron chi connectivity index (χ1n) is 11.0. The summed E-state index contributed by atoms with van der Waals surface area (Å²) in [6.45, 7) is 3.66. The molecular formula is C24H34F2IN5O. The largest absolute Gasteiger partial charge is 0.494 e. The Hall–Kier alpha value is -2.14. The molecular weight excluding hydrogens is 539 g/mol. The number of hydrogen-bond acceptors (Lipinski definition) is 4. The summed E-state index contributed by atoms with van der Waals surface area (Å²) in [5.41, 5.74) is 1.55. The van der Waals surface area contributed by atoms with Crippen LogP contribution in [0, 0.1) is 11.6 Å². The molecule has 0 aromatic heterocycles. The van der Waals surface area contributed by atoms with Crippen molar-refractivity contribution in [2.75, 3.05) is 52.3 Å². The average molecular weight is 573 g/mol. The van der Waals surface area contributed by atoms with Gasteiger partial charge in [0.2, 0.25) is 0 Å². The van der Waals surface area contributed by atoms with E-state index in [9.17, 15) is 8.78 Å². The van der Waals surface area contributed by atoms with Gasteiger partial charge in [0, 0.05) is 45.3 Å². The Morgan fingerprint density at radius 3 is 2.61 bits per heavy atom. The molecule has 1 aliphatic heterocycles. The van der Waals surface area contributed by atoms with Crippen molar-refractivity contribution in [3.8, 4) is 5.75 Å². The predicted molar refractivity (Wildman–Crippen MR) is 141 cm³/mol. The highest BCUT2D eigenvalue weighted by Gasteiger charge is 2.25. The fourth-order valence-electron chi connectivity index (χ4n) is 3.68. The van der Waals surface area contributed by atoms with E-state index in [0.29, 0.717) is 37.9 Å². The zero-order valence-corrected chi connectivity index (χ0v) is 21.8. The lowest BCUT2D eigenvalue weighted by molar-refractivity contribution is 0.281. The number of rotatable bonds is 9. The highest BCUT2D eigenvalue weighted by atomic mass is 127. The lowest BCUT2D eigenvalue weighted by Crippen LogP contribution is -2.44. The monoisotopic (exact) mass is 573 g/mol. The molecule has 2 aromatic rings. The van der Waals surface area contributed by atoms with E-state index in [-0.39, 0.29) is 30.0 Å². The van der Waals surface area contributed by atoms with Crippen molar-refractivity contribution in [2.24, 2.45) is 4.99 Å². The van der Waals surface area contributed by atoms with Gasteiger partial charge in [-0.1, -0.05) is 12.1 Å². The first kappa shape index (κ1) is 27.1. The van der Waals surface area contributed by atoms with Crippen LogP contribution in [-0.4, -0.2) is 64.3 Å². The van der Waals surface area contributed by atoms with Gasteiger partial charge in [-0.05, 0) is 56.8 Å². The second-order valence-electron chi connectivity index (χ2n) is 8.25. The molecule has 1 unspecified atom stereocenters. The molecule has 182 valence electrons. The summed E-state index contributed by atoms with van der Waals surface area (Å²) in [5.74, 6) is 0.474. The van der Waals surface area contributed by atoms with E-state index < -0.39 is 11.6 Å². The molecule has 33 heavy (non-hydrogen) atoms. The van der Waals surface area contributed by atoms with E-state index in [1.165, 1.54) is 12.1 Å². The average Bonchev–Trinajstić information content (AvgIpc) is 3.23. The van der Waals surface area contributed by atoms with Gasteiger partial charge >= 0.3 is 0 Å². The minimum Gasteiger partial charge on any atom is -0.494 e. The Kier molecular flexibility index (Phi) is 11.1. The molecule has 1 fully saturated rings. The van der Waals surface area contributed by atoms with Crippen LogP contribution in [0.1, 0.15) is 18.4 Å². The van der Waals surface area contributed by atoms with Gasteiger partial charge in [-0.3, -0.25) is 4.99 Å². The SMILES string of the molecule is CN=C(NCc1ccc(OCCCN(C)C)cc1)NC1CCN(c2ccc(F)cc2F)C1.I. The van der Waals surface area contributed by atoms with Crippen molar-refractivity contribution in [3.63, 3.8) is 0 Å². The summed E-state index contributed by atoms with van der Waals surface area (Å²) in [5, 5.41) is 6.71. The molecule has 3 rings (SSSR count). The van der Waals surface area contributed by atoms with Crippen molar-refractivity contribution >= 4 is 35.6 Å². The summed E-state index contributed by atoms with van der Waals surface area (Å²) in [4.78, 5) is 8.37. The molecule has 1 aliphatic rings. The molecule has 6 nitrogen and oxygen atoms in total. The van der Waals surface area contributed by atoms with Crippen LogP contribution >= 0.6 is 24.0 Å². The fraction of sp³-hybridized carbons (Fsp3) is 0.458. The molecule has 1 heterocycles. The molecule has 0 spiro atoms. The molecule has 9 heteroatoms. The fourth-order valence-corrected chi connectivity index (χ4v) is 3.68. The number of aliphatic imine (C=N–C) groups is 1. The Labute approximate surface area is 212 Å². The molecule has 1 saturated heterocycles. The molecule has 0 amide bonds. The normalized spacial score (nSPS) is 16.0. The van der Waals surface area contributed by atoms with E-state index in [0.717, 1.165) is 36.8 Å². The van der Waals surface area contributed by atoms with Gasteiger partial charge in [0.05, 0.1) is 12.3 Å². The summed E-state index contributed by atoms with van der Waals surface area (Å²) in [6.07, 6.45) is 1.84. The minimum absolute atomic E-state index is 0. The highest BCUT2D eigenvalue weighted by Crippen LogP contribution is 2.24. The van der Waals surface area contributed by atoms with E-state index in [4.69, 9.17) is 4.74 Å². The van der Waals surface area contributed by atoms with Crippen molar-refractivity contribution < 1.29 is 13.5 Å². The zero-order valence-electron chi connectivity index (χ0n) is 19.5. The van der Waals surface area contributed by atoms with Crippen LogP contribution < -0.4 is 20.3 Å². The maximum Gasteiger partial charge on any atom is 0.191 e. The molecule has 2 N–H and O–H groups in total. The van der Waals surface area contributed by atoms with Gasteiger partial charge in [0.15, 0.2) is 5.96 Å². The topological polar surface area (TPSA) is 52.1 Å². The summed E-state index contributed by atoms with van der Waals surface area (Å²) in [7, 11) is 5.84. The summed E-state index contributed by atoms with van der Waals surface area (Å²) >= 11 is 0. The maximum atomic E-state index is 14.1. The molecule has 0 saturated carbocycles. The Morgan fingerprint density at radius 1 is 1.18 bits per heavy atom. The standard InChI is InChI=1S/C24H33F2N5O.HI/c1-27-24(28-16-18-5-8-21(9-6-18)32-14-4-12-30(2)3)29-20-11-13-31(17-20)23-10-7-19(25)15-22(23)26;/h5-10,15,20H,4,11-14,16-17H2,1-3H3,(H2,27,28,29);1H. The second kappa shape index (κ2) is 13.5. The molecule has 0 bridgehead atoms. The minimum atomic E-state index is -0.561. The van der Waals surface area contributed by atoms with E-state index in [1.807, 2.05) is 29.2 Å². The number of benzene rings is 2. The third-order valence-corrected chi connectivity index (χ3v) is 5.40. The first-order chi connectivity index (χ1) is 15.4. The van der Waals surface area contributed by atoms with Crippen LogP contribution in [0.5, 0.6) is 5.75 Å². The summed E-state index contributed by atoms with van der Waals surface area (Å²) in [6, 6.07) is 11.9. The number of anilines is 1. The maximum absolute atomic E-state index is 14.1. The van der Waals surface area contributed by atoms with Crippen LogP contribution in [0.4, 0.5) is 14.5 Å². The number of guanidine groups is 1. The van der Waals surface area contributed by atoms with Crippen molar-refractivity contribution in [1.82, 2.24) is 15.5 Å². The van der Waals surface area contributed by atoms with Gasteiger partial charge in [-0.25, -0.2) is 8.78 Å². The number of nitrogens with zero attached hydrogens (tertiary/aromatic N) is 3. The van der Waals surface area contributed by atoms with E-state index >= 15 is 0 Å². The van der Waals surface area contributed by atoms with Crippen LogP contribution in [0.2, 0.25) is 0 Å². The van der Waals surface area contributed by atoms with Crippen molar-refractivity contribution in [3.05, 3.63) is 59.7 Å². The van der Waals surface area contributed by atoms with Crippen molar-refractivity contribution in [2.45, 2.75) is 25.4 Å². The smallest absolute Gasteiger partial charge is 0.191 e. The second-order valence-corrected chi connectivity index (χ2v) is 8.25. The summed E-state index contributed by atoms with van der Waals surface area (Å²) < 4.78 is 33.0. The highest BCUT2D eigenvalue weighted by molar-refractivity contribution is 14.0. The number of halogens is 3. The quantitative estimate of drug-likeness (QED) is 0.207.